The summed E-state index contributed by atoms with van der Waals surface area (Å²) in [5.41, 5.74) is 1.08. The number of piperidine rings is 1. The lowest BCUT2D eigenvalue weighted by Crippen LogP contribution is -2.43. The van der Waals surface area contributed by atoms with Crippen LogP contribution in [0.4, 0.5) is 4.39 Å². The summed E-state index contributed by atoms with van der Waals surface area (Å²) in [5, 5.41) is 3.80. The van der Waals surface area contributed by atoms with E-state index >= 15 is 0 Å². The molecule has 1 heterocycles. The molecular formula is C21H24ClFN2OS. The lowest BCUT2D eigenvalue weighted by molar-refractivity contribution is -0.126. The molecule has 0 bridgehead atoms. The SMILES string of the molecule is O=C(NCCSc1ccc(Cl)cc1)[C@H]1CCCN(Cc2ccc(F)cc2)C1. The molecule has 1 N–H and O–H groups in total. The average molecular weight is 407 g/mol. The molecule has 3 nitrogen and oxygen atoms in total. The van der Waals surface area contributed by atoms with Gasteiger partial charge in [0, 0.05) is 35.3 Å². The van der Waals surface area contributed by atoms with Crippen molar-refractivity contribution < 1.29 is 9.18 Å². The van der Waals surface area contributed by atoms with Gasteiger partial charge in [-0.15, -0.1) is 11.8 Å². The summed E-state index contributed by atoms with van der Waals surface area (Å²) in [6.07, 6.45) is 1.94. The molecule has 0 aromatic heterocycles. The highest BCUT2D eigenvalue weighted by Gasteiger charge is 2.25. The van der Waals surface area contributed by atoms with Crippen molar-refractivity contribution in [3.05, 3.63) is 64.9 Å². The standard InChI is InChI=1S/C21H24ClFN2OS/c22-18-5-9-20(10-6-18)27-13-11-24-21(26)17-2-1-12-25(15-17)14-16-3-7-19(23)8-4-16/h3-10,17H,1-2,11-15H2,(H,24,26)/t17-/m0/s1. The first-order valence-electron chi connectivity index (χ1n) is 9.23. The number of rotatable bonds is 7. The number of amides is 1. The van der Waals surface area contributed by atoms with Gasteiger partial charge >= 0.3 is 0 Å². The van der Waals surface area contributed by atoms with Crippen LogP contribution in [-0.2, 0) is 11.3 Å². The van der Waals surface area contributed by atoms with Crippen LogP contribution >= 0.6 is 23.4 Å². The second kappa shape index (κ2) is 10.1. The van der Waals surface area contributed by atoms with Crippen LogP contribution in [0.1, 0.15) is 18.4 Å². The van der Waals surface area contributed by atoms with E-state index in [0.717, 1.165) is 53.7 Å². The summed E-state index contributed by atoms with van der Waals surface area (Å²) < 4.78 is 13.0. The number of nitrogens with one attached hydrogen (secondary N) is 1. The number of halogens is 2. The Morgan fingerprint density at radius 3 is 2.67 bits per heavy atom. The molecule has 27 heavy (non-hydrogen) atoms. The lowest BCUT2D eigenvalue weighted by Gasteiger charge is -2.32. The molecule has 144 valence electrons. The number of carbonyl (C=O) groups excluding carboxylic acids is 1. The van der Waals surface area contributed by atoms with E-state index in [1.54, 1.807) is 11.8 Å². The number of likely N-dealkylation sites (tertiary alicyclic amines) is 1. The highest BCUT2D eigenvalue weighted by Crippen LogP contribution is 2.21. The molecule has 1 aliphatic heterocycles. The maximum Gasteiger partial charge on any atom is 0.224 e. The van der Waals surface area contributed by atoms with Crippen LogP contribution < -0.4 is 5.32 Å². The van der Waals surface area contributed by atoms with Gasteiger partial charge in [0.25, 0.3) is 0 Å². The maximum absolute atomic E-state index is 13.0. The summed E-state index contributed by atoms with van der Waals surface area (Å²) in [5.74, 6) is 0.778. The first kappa shape index (κ1) is 20.2. The molecule has 0 aliphatic carbocycles. The van der Waals surface area contributed by atoms with Crippen LogP contribution in [0.5, 0.6) is 0 Å². The Kier molecular flexibility index (Phi) is 7.56. The van der Waals surface area contributed by atoms with Crippen molar-refractivity contribution in [1.29, 1.82) is 0 Å². The van der Waals surface area contributed by atoms with Crippen LogP contribution in [-0.4, -0.2) is 36.2 Å². The lowest BCUT2D eigenvalue weighted by atomic mass is 9.96. The van der Waals surface area contributed by atoms with Crippen molar-refractivity contribution in [3.8, 4) is 0 Å². The van der Waals surface area contributed by atoms with Crippen molar-refractivity contribution in [3.63, 3.8) is 0 Å². The second-order valence-corrected chi connectivity index (χ2v) is 8.40. The zero-order valence-corrected chi connectivity index (χ0v) is 16.7. The normalized spacial score (nSPS) is 17.6. The number of carbonyl (C=O) groups is 1. The summed E-state index contributed by atoms with van der Waals surface area (Å²) >= 11 is 7.59. The number of hydrogen-bond donors (Lipinski definition) is 1. The minimum Gasteiger partial charge on any atom is -0.355 e. The van der Waals surface area contributed by atoms with Crippen molar-refractivity contribution in [2.24, 2.45) is 5.92 Å². The number of thioether (sulfide) groups is 1. The number of nitrogens with zero attached hydrogens (tertiary/aromatic N) is 1. The quantitative estimate of drug-likeness (QED) is 0.538. The predicted molar refractivity (Wildman–Crippen MR) is 110 cm³/mol. The molecule has 1 saturated heterocycles. The van der Waals surface area contributed by atoms with Crippen LogP contribution in [0.2, 0.25) is 5.02 Å². The van der Waals surface area contributed by atoms with E-state index in [2.05, 4.69) is 10.2 Å². The largest absolute Gasteiger partial charge is 0.355 e. The molecule has 3 rings (SSSR count). The summed E-state index contributed by atoms with van der Waals surface area (Å²) in [4.78, 5) is 15.9. The molecule has 0 saturated carbocycles. The van der Waals surface area contributed by atoms with Gasteiger partial charge in [0.05, 0.1) is 5.92 Å². The molecule has 0 unspecified atom stereocenters. The van der Waals surface area contributed by atoms with E-state index in [0.29, 0.717) is 6.54 Å². The highest BCUT2D eigenvalue weighted by molar-refractivity contribution is 7.99. The summed E-state index contributed by atoms with van der Waals surface area (Å²) in [6.45, 7) is 3.15. The molecule has 2 aromatic rings. The molecular weight excluding hydrogens is 383 g/mol. The highest BCUT2D eigenvalue weighted by atomic mass is 35.5. The second-order valence-electron chi connectivity index (χ2n) is 6.79. The van der Waals surface area contributed by atoms with Crippen LogP contribution in [0.25, 0.3) is 0 Å². The Hall–Kier alpha value is -1.56. The van der Waals surface area contributed by atoms with Crippen LogP contribution in [0.3, 0.4) is 0 Å². The van der Waals surface area contributed by atoms with Gasteiger partial charge in [-0.1, -0.05) is 23.7 Å². The van der Waals surface area contributed by atoms with Crippen molar-refractivity contribution in [2.45, 2.75) is 24.3 Å². The number of hydrogen-bond acceptors (Lipinski definition) is 3. The Balaban J connectivity index is 1.40. The van der Waals surface area contributed by atoms with Gasteiger partial charge < -0.3 is 5.32 Å². The maximum atomic E-state index is 13.0. The van der Waals surface area contributed by atoms with Gasteiger partial charge in [0.1, 0.15) is 5.82 Å². The first-order chi connectivity index (χ1) is 13.1. The van der Waals surface area contributed by atoms with Gasteiger partial charge in [0.2, 0.25) is 5.91 Å². The van der Waals surface area contributed by atoms with Gasteiger partial charge in [-0.05, 0) is 61.3 Å². The Bertz CT molecular complexity index is 739. The van der Waals surface area contributed by atoms with Gasteiger partial charge in [-0.25, -0.2) is 4.39 Å². The number of benzene rings is 2. The van der Waals surface area contributed by atoms with Crippen molar-refractivity contribution in [1.82, 2.24) is 10.2 Å². The van der Waals surface area contributed by atoms with E-state index in [4.69, 9.17) is 11.6 Å². The molecule has 0 radical (unpaired) electrons. The molecule has 1 aliphatic rings. The fourth-order valence-corrected chi connectivity index (χ4v) is 4.17. The van der Waals surface area contributed by atoms with E-state index in [-0.39, 0.29) is 17.6 Å². The smallest absolute Gasteiger partial charge is 0.224 e. The molecule has 1 amide bonds. The summed E-state index contributed by atoms with van der Waals surface area (Å²) in [7, 11) is 0. The monoisotopic (exact) mass is 406 g/mol. The fourth-order valence-electron chi connectivity index (χ4n) is 3.28. The van der Waals surface area contributed by atoms with Crippen LogP contribution in [0, 0.1) is 11.7 Å². The average Bonchev–Trinajstić information content (AvgIpc) is 2.68. The van der Waals surface area contributed by atoms with E-state index < -0.39 is 0 Å². The minimum atomic E-state index is -0.217. The van der Waals surface area contributed by atoms with Crippen molar-refractivity contribution >= 4 is 29.3 Å². The predicted octanol–water partition coefficient (Wildman–Crippen LogP) is 4.60. The van der Waals surface area contributed by atoms with Gasteiger partial charge in [-0.3, -0.25) is 9.69 Å². The Labute approximate surface area is 169 Å². The third kappa shape index (κ3) is 6.52. The van der Waals surface area contributed by atoms with Crippen LogP contribution in [0.15, 0.2) is 53.4 Å². The molecule has 1 atom stereocenters. The minimum absolute atomic E-state index is 0.0275. The van der Waals surface area contributed by atoms with E-state index in [1.807, 2.05) is 36.4 Å². The topological polar surface area (TPSA) is 32.3 Å². The fraction of sp³-hybridized carbons (Fsp3) is 0.381. The van der Waals surface area contributed by atoms with E-state index in [1.165, 1.54) is 12.1 Å². The zero-order chi connectivity index (χ0) is 19.1. The molecule has 2 aromatic carbocycles. The molecule has 0 spiro atoms. The Morgan fingerprint density at radius 1 is 1.19 bits per heavy atom. The molecule has 6 heteroatoms. The van der Waals surface area contributed by atoms with Gasteiger partial charge in [0.15, 0.2) is 0 Å². The Morgan fingerprint density at radius 2 is 1.93 bits per heavy atom. The van der Waals surface area contributed by atoms with E-state index in [9.17, 15) is 9.18 Å². The van der Waals surface area contributed by atoms with Gasteiger partial charge in [-0.2, -0.15) is 0 Å². The van der Waals surface area contributed by atoms with Crippen molar-refractivity contribution in [2.75, 3.05) is 25.4 Å². The third-order valence-electron chi connectivity index (χ3n) is 4.68. The zero-order valence-electron chi connectivity index (χ0n) is 15.2. The summed E-state index contributed by atoms with van der Waals surface area (Å²) in [6, 6.07) is 14.3. The first-order valence-corrected chi connectivity index (χ1v) is 10.6. The third-order valence-corrected chi connectivity index (χ3v) is 5.95. The molecule has 1 fully saturated rings.